The number of rotatable bonds is 2. The number of amides is 1. The largest absolute Gasteiger partial charge is 0.397 e. The van der Waals surface area contributed by atoms with Crippen molar-refractivity contribution in [1.82, 2.24) is 9.88 Å². The van der Waals surface area contributed by atoms with Crippen LogP contribution >= 0.6 is 0 Å². The smallest absolute Gasteiger partial charge is 0.246 e. The number of likely N-dealkylation sites (N-methyl/N-ethyl adjacent to an activating group) is 1. The minimum Gasteiger partial charge on any atom is -0.397 e. The number of hydrogen-bond acceptors (Lipinski definition) is 3. The maximum Gasteiger partial charge on any atom is 0.246 e. The first-order chi connectivity index (χ1) is 7.00. The number of hydrogen-bond donors (Lipinski definition) is 1. The molecule has 1 aromatic rings. The molecule has 0 saturated carbocycles. The maximum absolute atomic E-state index is 11.3. The Balaban J connectivity index is 2.81. The van der Waals surface area contributed by atoms with E-state index >= 15 is 0 Å². The van der Waals surface area contributed by atoms with E-state index in [2.05, 4.69) is 4.98 Å². The molecule has 0 spiro atoms. The Bertz CT molecular complexity index is 397. The fourth-order valence-electron chi connectivity index (χ4n) is 0.990. The number of nitrogen functional groups attached to an aromatic ring is 1. The van der Waals surface area contributed by atoms with Crippen LogP contribution in [0.5, 0.6) is 0 Å². The Kier molecular flexibility index (Phi) is 3.44. The minimum atomic E-state index is -0.0636. The van der Waals surface area contributed by atoms with Crippen LogP contribution in [0, 0.1) is 6.92 Å². The predicted molar refractivity (Wildman–Crippen MR) is 61.1 cm³/mol. The van der Waals surface area contributed by atoms with Gasteiger partial charge in [-0.3, -0.25) is 9.78 Å². The van der Waals surface area contributed by atoms with Gasteiger partial charge >= 0.3 is 0 Å². The molecule has 1 heterocycles. The summed E-state index contributed by atoms with van der Waals surface area (Å²) in [6.07, 6.45) is 3.16. The summed E-state index contributed by atoms with van der Waals surface area (Å²) in [5.74, 6) is -0.0636. The Morgan fingerprint density at radius 3 is 2.67 bits per heavy atom. The summed E-state index contributed by atoms with van der Waals surface area (Å²) in [6, 6.07) is 3.56. The highest BCUT2D eigenvalue weighted by molar-refractivity contribution is 5.91. The van der Waals surface area contributed by atoms with Crippen LogP contribution < -0.4 is 5.73 Å². The molecule has 0 aromatic carbocycles. The molecule has 15 heavy (non-hydrogen) atoms. The van der Waals surface area contributed by atoms with E-state index in [0.29, 0.717) is 5.69 Å². The van der Waals surface area contributed by atoms with Gasteiger partial charge in [-0.05, 0) is 25.1 Å². The van der Waals surface area contributed by atoms with Crippen LogP contribution in [0.25, 0.3) is 6.08 Å². The zero-order valence-corrected chi connectivity index (χ0v) is 9.19. The van der Waals surface area contributed by atoms with Crippen LogP contribution in [0.1, 0.15) is 11.4 Å². The molecule has 4 nitrogen and oxygen atoms in total. The highest BCUT2D eigenvalue weighted by Gasteiger charge is 1.98. The Labute approximate surface area is 89.4 Å². The first-order valence-corrected chi connectivity index (χ1v) is 4.63. The molecule has 0 aliphatic heterocycles. The summed E-state index contributed by atoms with van der Waals surface area (Å²) in [5, 5.41) is 0. The highest BCUT2D eigenvalue weighted by atomic mass is 16.2. The molecule has 0 radical (unpaired) electrons. The molecule has 0 saturated heterocycles. The number of anilines is 1. The number of carbonyl (C=O) groups excluding carboxylic acids is 1. The third-order valence-corrected chi connectivity index (χ3v) is 1.99. The minimum absolute atomic E-state index is 0.0636. The van der Waals surface area contributed by atoms with Gasteiger partial charge in [0.15, 0.2) is 0 Å². The van der Waals surface area contributed by atoms with Gasteiger partial charge in [-0.25, -0.2) is 0 Å². The second-order valence-electron chi connectivity index (χ2n) is 3.48. The van der Waals surface area contributed by atoms with Crippen molar-refractivity contribution in [2.24, 2.45) is 0 Å². The summed E-state index contributed by atoms with van der Waals surface area (Å²) in [7, 11) is 3.41. The molecule has 0 unspecified atom stereocenters. The van der Waals surface area contributed by atoms with Gasteiger partial charge in [-0.2, -0.15) is 0 Å². The summed E-state index contributed by atoms with van der Waals surface area (Å²) in [5.41, 5.74) is 7.80. The SMILES string of the molecule is Cc1nc(/C=C/C(=O)N(C)C)ccc1N. The molecule has 80 valence electrons. The lowest BCUT2D eigenvalue weighted by Gasteiger charge is -2.05. The standard InChI is InChI=1S/C11H15N3O/c1-8-10(12)6-4-9(13-8)5-7-11(15)14(2)3/h4-7H,12H2,1-3H3/b7-5+. The van der Waals surface area contributed by atoms with Crippen LogP contribution in [0.4, 0.5) is 5.69 Å². The second-order valence-corrected chi connectivity index (χ2v) is 3.48. The molecule has 0 fully saturated rings. The maximum atomic E-state index is 11.3. The lowest BCUT2D eigenvalue weighted by atomic mass is 10.2. The predicted octanol–water partition coefficient (Wildman–Crippen LogP) is 1.07. The number of aryl methyl sites for hydroxylation is 1. The number of carbonyl (C=O) groups is 1. The van der Waals surface area contributed by atoms with Crippen LogP contribution in [0.2, 0.25) is 0 Å². The van der Waals surface area contributed by atoms with Gasteiger partial charge < -0.3 is 10.6 Å². The summed E-state index contributed by atoms with van der Waals surface area (Å²) < 4.78 is 0. The lowest BCUT2D eigenvalue weighted by Crippen LogP contribution is -2.18. The van der Waals surface area contributed by atoms with Crippen molar-refractivity contribution in [1.29, 1.82) is 0 Å². The molecule has 2 N–H and O–H groups in total. The van der Waals surface area contributed by atoms with Crippen molar-refractivity contribution < 1.29 is 4.79 Å². The molecule has 1 aromatic heterocycles. The number of nitrogens with two attached hydrogens (primary N) is 1. The molecule has 1 amide bonds. The van der Waals surface area contributed by atoms with Crippen molar-refractivity contribution in [2.75, 3.05) is 19.8 Å². The van der Waals surface area contributed by atoms with Crippen molar-refractivity contribution in [2.45, 2.75) is 6.92 Å². The van der Waals surface area contributed by atoms with Crippen molar-refractivity contribution in [3.05, 3.63) is 29.6 Å². The number of pyridine rings is 1. The van der Waals surface area contributed by atoms with E-state index in [1.54, 1.807) is 32.3 Å². The van der Waals surface area contributed by atoms with Crippen LogP contribution in [-0.2, 0) is 4.79 Å². The first-order valence-electron chi connectivity index (χ1n) is 4.63. The van der Waals surface area contributed by atoms with E-state index in [9.17, 15) is 4.79 Å². The third kappa shape index (κ3) is 3.09. The van der Waals surface area contributed by atoms with Crippen LogP contribution in [0.15, 0.2) is 18.2 Å². The second kappa shape index (κ2) is 4.59. The summed E-state index contributed by atoms with van der Waals surface area (Å²) >= 11 is 0. The normalized spacial score (nSPS) is 10.6. The average Bonchev–Trinajstić information content (AvgIpc) is 2.19. The molecule has 0 aliphatic carbocycles. The first kappa shape index (κ1) is 11.2. The van der Waals surface area contributed by atoms with E-state index in [1.807, 2.05) is 6.92 Å². The molecular weight excluding hydrogens is 190 g/mol. The zero-order valence-electron chi connectivity index (χ0n) is 9.19. The third-order valence-electron chi connectivity index (χ3n) is 1.99. The number of aromatic nitrogens is 1. The van der Waals surface area contributed by atoms with E-state index in [4.69, 9.17) is 5.73 Å². The van der Waals surface area contributed by atoms with Gasteiger partial charge in [-0.15, -0.1) is 0 Å². The topological polar surface area (TPSA) is 59.2 Å². The average molecular weight is 205 g/mol. The van der Waals surface area contributed by atoms with Crippen LogP contribution in [-0.4, -0.2) is 29.9 Å². The van der Waals surface area contributed by atoms with Gasteiger partial charge in [0, 0.05) is 20.2 Å². The molecule has 4 heteroatoms. The van der Waals surface area contributed by atoms with Gasteiger partial charge in [0.25, 0.3) is 0 Å². The van der Waals surface area contributed by atoms with E-state index in [0.717, 1.165) is 11.4 Å². The monoisotopic (exact) mass is 205 g/mol. The van der Waals surface area contributed by atoms with Gasteiger partial charge in [0.05, 0.1) is 17.1 Å². The molecule has 0 aliphatic rings. The zero-order chi connectivity index (χ0) is 11.4. The van der Waals surface area contributed by atoms with Gasteiger partial charge in [0.2, 0.25) is 5.91 Å². The quantitative estimate of drug-likeness (QED) is 0.735. The Hall–Kier alpha value is -1.84. The van der Waals surface area contributed by atoms with E-state index < -0.39 is 0 Å². The lowest BCUT2D eigenvalue weighted by molar-refractivity contribution is -0.123. The Morgan fingerprint density at radius 1 is 1.47 bits per heavy atom. The summed E-state index contributed by atoms with van der Waals surface area (Å²) in [4.78, 5) is 17.0. The fourth-order valence-corrected chi connectivity index (χ4v) is 0.990. The molecule has 1 rings (SSSR count). The molecular formula is C11H15N3O. The Morgan fingerprint density at radius 2 is 2.13 bits per heavy atom. The molecule has 0 bridgehead atoms. The van der Waals surface area contributed by atoms with Gasteiger partial charge in [0.1, 0.15) is 0 Å². The number of nitrogens with zero attached hydrogens (tertiary/aromatic N) is 2. The van der Waals surface area contributed by atoms with E-state index in [-0.39, 0.29) is 5.91 Å². The van der Waals surface area contributed by atoms with Crippen molar-refractivity contribution >= 4 is 17.7 Å². The fraction of sp³-hybridized carbons (Fsp3) is 0.273. The highest BCUT2D eigenvalue weighted by Crippen LogP contribution is 2.09. The molecule has 0 atom stereocenters. The van der Waals surface area contributed by atoms with E-state index in [1.165, 1.54) is 11.0 Å². The van der Waals surface area contributed by atoms with Crippen LogP contribution in [0.3, 0.4) is 0 Å². The summed E-state index contributed by atoms with van der Waals surface area (Å²) in [6.45, 7) is 1.83. The van der Waals surface area contributed by atoms with Crippen molar-refractivity contribution in [3.8, 4) is 0 Å². The van der Waals surface area contributed by atoms with Crippen molar-refractivity contribution in [3.63, 3.8) is 0 Å². The van der Waals surface area contributed by atoms with Gasteiger partial charge in [-0.1, -0.05) is 0 Å².